The quantitative estimate of drug-likeness (QED) is 0.676. The summed E-state index contributed by atoms with van der Waals surface area (Å²) in [5.41, 5.74) is 2.10. The van der Waals surface area contributed by atoms with Crippen LogP contribution in [0.3, 0.4) is 0 Å². The molecule has 1 fully saturated rings. The van der Waals surface area contributed by atoms with E-state index in [9.17, 15) is 4.79 Å². The predicted octanol–water partition coefficient (Wildman–Crippen LogP) is 4.81. The monoisotopic (exact) mass is 372 g/mol. The van der Waals surface area contributed by atoms with Gasteiger partial charge in [0, 0.05) is 18.2 Å². The van der Waals surface area contributed by atoms with Gasteiger partial charge in [-0.3, -0.25) is 4.79 Å². The van der Waals surface area contributed by atoms with Crippen LogP contribution in [-0.4, -0.2) is 25.9 Å². The SMILES string of the molecule is CC[C@H](C)c1ccccc1NC(=O)[C@H](C)Sc1nnc(C2CC2)n1CC. The summed E-state index contributed by atoms with van der Waals surface area (Å²) >= 11 is 1.49. The minimum atomic E-state index is -0.235. The second-order valence-corrected chi connectivity index (χ2v) is 8.31. The van der Waals surface area contributed by atoms with E-state index < -0.39 is 0 Å². The summed E-state index contributed by atoms with van der Waals surface area (Å²) in [6.45, 7) is 9.22. The maximum Gasteiger partial charge on any atom is 0.237 e. The van der Waals surface area contributed by atoms with E-state index >= 15 is 0 Å². The molecular weight excluding hydrogens is 344 g/mol. The fraction of sp³-hybridized carbons (Fsp3) is 0.550. The van der Waals surface area contributed by atoms with E-state index in [1.165, 1.54) is 30.2 Å². The second-order valence-electron chi connectivity index (χ2n) is 7.01. The molecule has 0 unspecified atom stereocenters. The number of hydrogen-bond donors (Lipinski definition) is 1. The number of carbonyl (C=O) groups is 1. The Morgan fingerprint density at radius 1 is 1.27 bits per heavy atom. The number of benzene rings is 1. The number of rotatable bonds is 8. The van der Waals surface area contributed by atoms with Crippen molar-refractivity contribution in [2.45, 2.75) is 75.7 Å². The second kappa shape index (κ2) is 8.25. The minimum absolute atomic E-state index is 0.00405. The Kier molecular flexibility index (Phi) is 6.01. The first-order chi connectivity index (χ1) is 12.5. The van der Waals surface area contributed by atoms with Crippen LogP contribution in [0.25, 0.3) is 0 Å². The molecule has 1 aliphatic carbocycles. The summed E-state index contributed by atoms with van der Waals surface area (Å²) in [7, 11) is 0. The zero-order chi connectivity index (χ0) is 18.7. The molecular formula is C20H28N4OS. The molecule has 26 heavy (non-hydrogen) atoms. The van der Waals surface area contributed by atoms with Crippen LogP contribution in [0.4, 0.5) is 5.69 Å². The average molecular weight is 373 g/mol. The van der Waals surface area contributed by atoms with Crippen molar-refractivity contribution in [3.8, 4) is 0 Å². The third kappa shape index (κ3) is 4.11. The minimum Gasteiger partial charge on any atom is -0.325 e. The summed E-state index contributed by atoms with van der Waals surface area (Å²) in [5.74, 6) is 2.05. The fourth-order valence-corrected chi connectivity index (χ4v) is 3.95. The Morgan fingerprint density at radius 3 is 2.65 bits per heavy atom. The molecule has 1 amide bonds. The standard InChI is InChI=1S/C20H28N4OS/c1-5-13(3)16-9-7-8-10-17(16)21-19(25)14(4)26-20-23-22-18(15-11-12-15)24(20)6-2/h7-10,13-15H,5-6,11-12H2,1-4H3,(H,21,25)/t13-,14-/m0/s1. The van der Waals surface area contributed by atoms with Crippen LogP contribution < -0.4 is 5.32 Å². The molecule has 1 N–H and O–H groups in total. The summed E-state index contributed by atoms with van der Waals surface area (Å²) in [5, 5.41) is 12.4. The third-order valence-corrected chi connectivity index (χ3v) is 6.10. The molecule has 0 spiro atoms. The summed E-state index contributed by atoms with van der Waals surface area (Å²) in [6, 6.07) is 8.07. The van der Waals surface area contributed by atoms with Gasteiger partial charge >= 0.3 is 0 Å². The van der Waals surface area contributed by atoms with E-state index in [4.69, 9.17) is 0 Å². The number of thioether (sulfide) groups is 1. The van der Waals surface area contributed by atoms with Crippen LogP contribution in [0, 0.1) is 0 Å². The van der Waals surface area contributed by atoms with Gasteiger partial charge in [0.15, 0.2) is 5.16 Å². The first kappa shape index (κ1) is 19.0. The maximum absolute atomic E-state index is 12.7. The Morgan fingerprint density at radius 2 is 2.00 bits per heavy atom. The van der Waals surface area contributed by atoms with E-state index in [1.54, 1.807) is 0 Å². The van der Waals surface area contributed by atoms with Gasteiger partial charge in [-0.2, -0.15) is 0 Å². The topological polar surface area (TPSA) is 59.8 Å². The number of nitrogens with zero attached hydrogens (tertiary/aromatic N) is 3. The van der Waals surface area contributed by atoms with E-state index in [2.05, 4.69) is 46.9 Å². The van der Waals surface area contributed by atoms with Gasteiger partial charge in [0.1, 0.15) is 5.82 Å². The zero-order valence-electron chi connectivity index (χ0n) is 16.0. The Hall–Kier alpha value is -1.82. The lowest BCUT2D eigenvalue weighted by molar-refractivity contribution is -0.115. The van der Waals surface area contributed by atoms with E-state index in [0.717, 1.165) is 29.6 Å². The lowest BCUT2D eigenvalue weighted by atomic mass is 9.97. The fourth-order valence-electron chi connectivity index (χ4n) is 3.03. The highest BCUT2D eigenvalue weighted by Gasteiger charge is 2.30. The number of hydrogen-bond acceptors (Lipinski definition) is 4. The Labute approximate surface area is 160 Å². The van der Waals surface area contributed by atoms with Crippen molar-refractivity contribution >= 4 is 23.4 Å². The molecule has 1 aromatic heterocycles. The zero-order valence-corrected chi connectivity index (χ0v) is 16.8. The van der Waals surface area contributed by atoms with E-state index in [0.29, 0.717) is 11.8 Å². The molecule has 2 aromatic rings. The molecule has 0 radical (unpaired) electrons. The first-order valence-corrected chi connectivity index (χ1v) is 10.4. The van der Waals surface area contributed by atoms with Gasteiger partial charge in [-0.25, -0.2) is 0 Å². The van der Waals surface area contributed by atoms with Crippen molar-refractivity contribution in [2.24, 2.45) is 0 Å². The van der Waals surface area contributed by atoms with E-state index in [-0.39, 0.29) is 11.2 Å². The highest BCUT2D eigenvalue weighted by Crippen LogP contribution is 2.40. The lowest BCUT2D eigenvalue weighted by Crippen LogP contribution is -2.23. The smallest absolute Gasteiger partial charge is 0.237 e. The van der Waals surface area contributed by atoms with Crippen molar-refractivity contribution in [3.05, 3.63) is 35.7 Å². The van der Waals surface area contributed by atoms with Gasteiger partial charge in [-0.15, -0.1) is 10.2 Å². The molecule has 0 bridgehead atoms. The van der Waals surface area contributed by atoms with E-state index in [1.807, 2.05) is 25.1 Å². The lowest BCUT2D eigenvalue weighted by Gasteiger charge is -2.17. The van der Waals surface area contributed by atoms with Gasteiger partial charge in [-0.05, 0) is 50.7 Å². The number of carbonyl (C=O) groups excluding carboxylic acids is 1. The van der Waals surface area contributed by atoms with Gasteiger partial charge < -0.3 is 9.88 Å². The molecule has 3 rings (SSSR count). The molecule has 6 heteroatoms. The average Bonchev–Trinajstić information content (AvgIpc) is 3.42. The van der Waals surface area contributed by atoms with Gasteiger partial charge in [0.25, 0.3) is 0 Å². The number of anilines is 1. The van der Waals surface area contributed by atoms with Crippen LogP contribution in [0.5, 0.6) is 0 Å². The molecule has 0 aliphatic heterocycles. The molecule has 140 valence electrons. The highest BCUT2D eigenvalue weighted by atomic mass is 32.2. The van der Waals surface area contributed by atoms with Crippen LogP contribution in [-0.2, 0) is 11.3 Å². The molecule has 5 nitrogen and oxygen atoms in total. The van der Waals surface area contributed by atoms with Gasteiger partial charge in [0.2, 0.25) is 5.91 Å². The van der Waals surface area contributed by atoms with Crippen LogP contribution in [0.2, 0.25) is 0 Å². The molecule has 1 aliphatic rings. The number of para-hydroxylation sites is 1. The number of aromatic nitrogens is 3. The number of nitrogens with one attached hydrogen (secondary N) is 1. The first-order valence-electron chi connectivity index (χ1n) is 9.54. The van der Waals surface area contributed by atoms with Crippen molar-refractivity contribution in [3.63, 3.8) is 0 Å². The van der Waals surface area contributed by atoms with Crippen molar-refractivity contribution in [2.75, 3.05) is 5.32 Å². The third-order valence-electron chi connectivity index (χ3n) is 5.02. The summed E-state index contributed by atoms with van der Waals surface area (Å²) in [6.07, 6.45) is 3.44. The normalized spacial score (nSPS) is 16.3. The Bertz CT molecular complexity index is 769. The van der Waals surface area contributed by atoms with Crippen molar-refractivity contribution in [1.29, 1.82) is 0 Å². The number of amides is 1. The predicted molar refractivity (Wildman–Crippen MR) is 107 cm³/mol. The van der Waals surface area contributed by atoms with Crippen molar-refractivity contribution < 1.29 is 4.79 Å². The summed E-state index contributed by atoms with van der Waals surface area (Å²) < 4.78 is 2.15. The van der Waals surface area contributed by atoms with Crippen LogP contribution in [0.15, 0.2) is 29.4 Å². The molecule has 2 atom stereocenters. The Balaban J connectivity index is 1.69. The summed E-state index contributed by atoms with van der Waals surface area (Å²) in [4.78, 5) is 12.7. The van der Waals surface area contributed by atoms with Crippen molar-refractivity contribution in [1.82, 2.24) is 14.8 Å². The largest absolute Gasteiger partial charge is 0.325 e. The maximum atomic E-state index is 12.7. The molecule has 0 saturated heterocycles. The van der Waals surface area contributed by atoms with Gasteiger partial charge in [-0.1, -0.05) is 43.8 Å². The molecule has 1 saturated carbocycles. The highest BCUT2D eigenvalue weighted by molar-refractivity contribution is 8.00. The van der Waals surface area contributed by atoms with Crippen LogP contribution in [0.1, 0.15) is 70.2 Å². The molecule has 1 heterocycles. The van der Waals surface area contributed by atoms with Gasteiger partial charge in [0.05, 0.1) is 5.25 Å². The molecule has 1 aromatic carbocycles. The van der Waals surface area contributed by atoms with Crippen LogP contribution >= 0.6 is 11.8 Å².